The van der Waals surface area contributed by atoms with E-state index in [4.69, 9.17) is 0 Å². The highest BCUT2D eigenvalue weighted by molar-refractivity contribution is 5.44. The summed E-state index contributed by atoms with van der Waals surface area (Å²) < 4.78 is 0. The molecule has 0 radical (unpaired) electrons. The highest BCUT2D eigenvalue weighted by Crippen LogP contribution is 2.12. The number of hydrogen-bond donors (Lipinski definition) is 1. The average Bonchev–Trinajstić information content (AvgIpc) is 2.73. The first-order valence-electron chi connectivity index (χ1n) is 5.92. The number of para-hydroxylation sites is 1. The van der Waals surface area contributed by atoms with Crippen LogP contribution in [0, 0.1) is 0 Å². The maximum atomic E-state index is 9.43. The molecule has 0 aromatic heterocycles. The highest BCUT2D eigenvalue weighted by Gasteiger charge is 2.19. The molecule has 88 valence electrons. The van der Waals surface area contributed by atoms with Gasteiger partial charge in [0, 0.05) is 38.9 Å². The van der Waals surface area contributed by atoms with Gasteiger partial charge in [0.1, 0.15) is 0 Å². The summed E-state index contributed by atoms with van der Waals surface area (Å²) in [5.41, 5.74) is 1.25. The zero-order valence-electron chi connectivity index (χ0n) is 9.84. The molecule has 16 heavy (non-hydrogen) atoms. The van der Waals surface area contributed by atoms with Crippen molar-refractivity contribution < 1.29 is 5.11 Å². The lowest BCUT2D eigenvalue weighted by Gasteiger charge is -2.23. The van der Waals surface area contributed by atoms with Gasteiger partial charge in [0.15, 0.2) is 0 Å². The van der Waals surface area contributed by atoms with Crippen molar-refractivity contribution in [2.45, 2.75) is 12.5 Å². The molecule has 0 spiro atoms. The number of nitrogens with zero attached hydrogens (tertiary/aromatic N) is 2. The van der Waals surface area contributed by atoms with E-state index in [0.717, 1.165) is 32.6 Å². The summed E-state index contributed by atoms with van der Waals surface area (Å²) in [7, 11) is 2.11. The molecule has 1 aromatic rings. The largest absolute Gasteiger partial charge is 0.392 e. The summed E-state index contributed by atoms with van der Waals surface area (Å²) in [4.78, 5) is 4.58. The van der Waals surface area contributed by atoms with Gasteiger partial charge in [0.05, 0.1) is 6.10 Å². The zero-order valence-corrected chi connectivity index (χ0v) is 9.84. The van der Waals surface area contributed by atoms with E-state index in [0.29, 0.717) is 0 Å². The molecule has 3 nitrogen and oxygen atoms in total. The lowest BCUT2D eigenvalue weighted by atomic mass is 10.3. The quantitative estimate of drug-likeness (QED) is 0.825. The van der Waals surface area contributed by atoms with Gasteiger partial charge in [-0.1, -0.05) is 18.2 Å². The van der Waals surface area contributed by atoms with Gasteiger partial charge in [0.2, 0.25) is 0 Å². The first-order valence-corrected chi connectivity index (χ1v) is 5.92. The summed E-state index contributed by atoms with van der Waals surface area (Å²) >= 11 is 0. The minimum atomic E-state index is -0.109. The van der Waals surface area contributed by atoms with E-state index in [1.54, 1.807) is 0 Å². The number of aliphatic hydroxyl groups is 1. The Morgan fingerprint density at radius 1 is 1.38 bits per heavy atom. The number of anilines is 1. The molecule has 0 bridgehead atoms. The number of hydrogen-bond acceptors (Lipinski definition) is 3. The summed E-state index contributed by atoms with van der Waals surface area (Å²) in [6.45, 7) is 3.91. The van der Waals surface area contributed by atoms with Crippen LogP contribution in [0.2, 0.25) is 0 Å². The number of aliphatic hydroxyl groups excluding tert-OH is 1. The van der Waals surface area contributed by atoms with Crippen LogP contribution >= 0.6 is 0 Å². The molecule has 0 amide bonds. The van der Waals surface area contributed by atoms with E-state index in [1.807, 2.05) is 6.07 Å². The summed E-state index contributed by atoms with van der Waals surface area (Å²) in [6, 6.07) is 10.4. The van der Waals surface area contributed by atoms with Crippen LogP contribution in [0.25, 0.3) is 0 Å². The third kappa shape index (κ3) is 2.97. The van der Waals surface area contributed by atoms with Crippen LogP contribution in [0.5, 0.6) is 0 Å². The lowest BCUT2D eigenvalue weighted by Crippen LogP contribution is -2.32. The second-order valence-corrected chi connectivity index (χ2v) is 4.50. The predicted molar refractivity (Wildman–Crippen MR) is 66.8 cm³/mol. The Kier molecular flexibility index (Phi) is 3.80. The second kappa shape index (κ2) is 5.32. The molecule has 1 atom stereocenters. The van der Waals surface area contributed by atoms with Crippen LogP contribution < -0.4 is 4.90 Å². The van der Waals surface area contributed by atoms with E-state index >= 15 is 0 Å². The van der Waals surface area contributed by atoms with Crippen LogP contribution in [-0.4, -0.2) is 49.3 Å². The van der Waals surface area contributed by atoms with Crippen LogP contribution in [0.15, 0.2) is 30.3 Å². The van der Waals surface area contributed by atoms with Crippen LogP contribution in [0.4, 0.5) is 5.69 Å². The molecule has 1 aliphatic rings. The smallest absolute Gasteiger partial charge is 0.0679 e. The van der Waals surface area contributed by atoms with E-state index in [2.05, 4.69) is 41.1 Å². The van der Waals surface area contributed by atoms with Crippen molar-refractivity contribution >= 4 is 5.69 Å². The second-order valence-electron chi connectivity index (χ2n) is 4.50. The molecule has 0 aliphatic carbocycles. The fraction of sp³-hybridized carbons (Fsp3) is 0.538. The Balaban J connectivity index is 1.78. The van der Waals surface area contributed by atoms with E-state index < -0.39 is 0 Å². The van der Waals surface area contributed by atoms with Crippen molar-refractivity contribution in [2.24, 2.45) is 0 Å². The van der Waals surface area contributed by atoms with E-state index in [-0.39, 0.29) is 6.10 Å². The summed E-state index contributed by atoms with van der Waals surface area (Å²) in [5, 5.41) is 9.43. The van der Waals surface area contributed by atoms with E-state index in [9.17, 15) is 5.11 Å². The van der Waals surface area contributed by atoms with Gasteiger partial charge in [-0.25, -0.2) is 0 Å². The topological polar surface area (TPSA) is 26.7 Å². The molecular formula is C13H20N2O. The van der Waals surface area contributed by atoms with Crippen molar-refractivity contribution in [3.8, 4) is 0 Å². The monoisotopic (exact) mass is 220 g/mol. The predicted octanol–water partition coefficient (Wildman–Crippen LogP) is 1.19. The van der Waals surface area contributed by atoms with Crippen LogP contribution in [0.1, 0.15) is 6.42 Å². The third-order valence-electron chi connectivity index (χ3n) is 3.20. The molecule has 1 aromatic carbocycles. The molecule has 1 heterocycles. The maximum Gasteiger partial charge on any atom is 0.0679 e. The third-order valence-corrected chi connectivity index (χ3v) is 3.20. The van der Waals surface area contributed by atoms with Gasteiger partial charge in [-0.3, -0.25) is 4.90 Å². The fourth-order valence-corrected chi connectivity index (χ4v) is 2.12. The van der Waals surface area contributed by atoms with Crippen molar-refractivity contribution in [3.05, 3.63) is 30.3 Å². The Labute approximate surface area is 97.3 Å². The molecule has 1 saturated heterocycles. The number of β-amino-alcohol motifs (C(OH)–C–C–N with tert-alkyl or cyclic N) is 1. The zero-order chi connectivity index (χ0) is 11.4. The minimum Gasteiger partial charge on any atom is -0.392 e. The van der Waals surface area contributed by atoms with E-state index in [1.165, 1.54) is 5.69 Å². The molecule has 1 aliphatic heterocycles. The molecule has 1 fully saturated rings. The van der Waals surface area contributed by atoms with Gasteiger partial charge in [-0.05, 0) is 18.6 Å². The van der Waals surface area contributed by atoms with Gasteiger partial charge < -0.3 is 10.0 Å². The van der Waals surface area contributed by atoms with Crippen molar-refractivity contribution in [1.29, 1.82) is 0 Å². The van der Waals surface area contributed by atoms with Gasteiger partial charge in [-0.15, -0.1) is 0 Å². The normalized spacial score (nSPS) is 21.2. The number of benzene rings is 1. The fourth-order valence-electron chi connectivity index (χ4n) is 2.12. The van der Waals surface area contributed by atoms with Crippen LogP contribution in [-0.2, 0) is 0 Å². The lowest BCUT2D eigenvalue weighted by molar-refractivity contribution is 0.177. The standard InChI is InChI=1S/C13H20N2O/c1-14(12-5-3-2-4-6-12)9-10-15-8-7-13(16)11-15/h2-6,13,16H,7-11H2,1H3/t13-/m1/s1. The Bertz CT molecular complexity index is 315. The maximum absolute atomic E-state index is 9.43. The molecule has 0 saturated carbocycles. The first kappa shape index (κ1) is 11.4. The molecule has 3 heteroatoms. The van der Waals surface area contributed by atoms with Gasteiger partial charge in [0.25, 0.3) is 0 Å². The van der Waals surface area contributed by atoms with Crippen molar-refractivity contribution in [1.82, 2.24) is 4.90 Å². The van der Waals surface area contributed by atoms with Gasteiger partial charge in [-0.2, -0.15) is 0 Å². The molecule has 2 rings (SSSR count). The summed E-state index contributed by atoms with van der Waals surface area (Å²) in [6.07, 6.45) is 0.816. The Morgan fingerprint density at radius 2 is 2.12 bits per heavy atom. The molecule has 1 N–H and O–H groups in total. The SMILES string of the molecule is CN(CCN1CC[C@@H](O)C1)c1ccccc1. The molecular weight excluding hydrogens is 200 g/mol. The number of likely N-dealkylation sites (tertiary alicyclic amines) is 1. The minimum absolute atomic E-state index is 0.109. The molecule has 0 unspecified atom stereocenters. The van der Waals surface area contributed by atoms with Crippen molar-refractivity contribution in [3.63, 3.8) is 0 Å². The van der Waals surface area contributed by atoms with Crippen molar-refractivity contribution in [2.75, 3.05) is 38.1 Å². The van der Waals surface area contributed by atoms with Crippen LogP contribution in [0.3, 0.4) is 0 Å². The van der Waals surface area contributed by atoms with Gasteiger partial charge >= 0.3 is 0 Å². The average molecular weight is 220 g/mol. The highest BCUT2D eigenvalue weighted by atomic mass is 16.3. The number of rotatable bonds is 4. The Morgan fingerprint density at radius 3 is 2.75 bits per heavy atom. The Hall–Kier alpha value is -1.06. The summed E-state index contributed by atoms with van der Waals surface area (Å²) in [5.74, 6) is 0. The number of likely N-dealkylation sites (N-methyl/N-ethyl adjacent to an activating group) is 1. The first-order chi connectivity index (χ1) is 7.75.